The summed E-state index contributed by atoms with van der Waals surface area (Å²) < 4.78 is 28.2. The van der Waals surface area contributed by atoms with Crippen LogP contribution >= 0.6 is 10.6 Å². The molecule has 5 rings (SSSR count). The molecule has 1 amide bonds. The van der Waals surface area contributed by atoms with Crippen molar-refractivity contribution in [2.75, 3.05) is 11.5 Å². The number of carbonyl (C=O) groups excluding carboxylic acids is 1. The minimum atomic E-state index is -2.59. The molecular weight excluding hydrogens is 404 g/mol. The van der Waals surface area contributed by atoms with E-state index in [0.29, 0.717) is 24.3 Å². The van der Waals surface area contributed by atoms with Crippen LogP contribution < -0.4 is 5.32 Å². The molecule has 2 aromatic heterocycles. The summed E-state index contributed by atoms with van der Waals surface area (Å²) in [7, 11) is -2.59. The predicted octanol–water partition coefficient (Wildman–Crippen LogP) is 4.34. The van der Waals surface area contributed by atoms with Gasteiger partial charge in [0.2, 0.25) is 5.91 Å². The van der Waals surface area contributed by atoms with Gasteiger partial charge in [-0.1, -0.05) is 11.2 Å². The molecule has 0 radical (unpaired) electrons. The van der Waals surface area contributed by atoms with Crippen molar-refractivity contribution in [1.82, 2.24) is 20.0 Å². The molecule has 2 aliphatic heterocycles. The Balaban J connectivity index is 1.65. The molecule has 1 unspecified atom stereocenters. The average molecular weight is 431 g/mol. The summed E-state index contributed by atoms with van der Waals surface area (Å²) in [4.78, 5) is 16.8. The first-order valence-electron chi connectivity index (χ1n) is 10.3. The van der Waals surface area contributed by atoms with Crippen LogP contribution in [0.2, 0.25) is 0 Å². The first kappa shape index (κ1) is 19.6. The van der Waals surface area contributed by atoms with Crippen LogP contribution in [0.25, 0.3) is 22.2 Å². The molecule has 0 spiro atoms. The molecule has 0 aliphatic carbocycles. The van der Waals surface area contributed by atoms with Gasteiger partial charge in [-0.3, -0.25) is 13.9 Å². The number of carbonyl (C=O) groups is 1. The topological polar surface area (TPSA) is 113 Å². The number of aromatic nitrogens is 3. The highest BCUT2D eigenvalue weighted by Crippen LogP contribution is 2.49. The van der Waals surface area contributed by atoms with E-state index in [-0.39, 0.29) is 18.0 Å². The number of amides is 1. The Hall–Kier alpha value is -2.36. The highest BCUT2D eigenvalue weighted by Gasteiger charge is 2.33. The van der Waals surface area contributed by atoms with Gasteiger partial charge in [-0.2, -0.15) is 10.6 Å². The second-order valence-electron chi connectivity index (χ2n) is 8.37. The van der Waals surface area contributed by atoms with Gasteiger partial charge < -0.3 is 14.4 Å². The third-order valence-corrected chi connectivity index (χ3v) is 8.04. The van der Waals surface area contributed by atoms with E-state index in [0.717, 1.165) is 52.3 Å². The number of rotatable bonds is 3. The second-order valence-corrected chi connectivity index (χ2v) is 10.7. The highest BCUT2D eigenvalue weighted by atomic mass is 32.3. The summed E-state index contributed by atoms with van der Waals surface area (Å²) in [6, 6.07) is 5.89. The van der Waals surface area contributed by atoms with Gasteiger partial charge in [0.15, 0.2) is 0 Å². The maximum absolute atomic E-state index is 11.9. The number of hydrogen-bond acceptors (Lipinski definition) is 6. The van der Waals surface area contributed by atoms with Crippen molar-refractivity contribution in [3.8, 4) is 11.1 Å². The lowest BCUT2D eigenvalue weighted by molar-refractivity contribution is -0.119. The van der Waals surface area contributed by atoms with Gasteiger partial charge in [-0.05, 0) is 50.8 Å². The molecule has 2 fully saturated rings. The normalized spacial score (nSPS) is 24.9. The molecule has 0 saturated carbocycles. The fourth-order valence-electron chi connectivity index (χ4n) is 4.83. The van der Waals surface area contributed by atoms with Crippen LogP contribution in [0.1, 0.15) is 55.0 Å². The Kier molecular flexibility index (Phi) is 4.64. The zero-order valence-corrected chi connectivity index (χ0v) is 17.9. The largest absolute Gasteiger partial charge is 0.361 e. The van der Waals surface area contributed by atoms with Crippen LogP contribution in [0, 0.1) is 13.8 Å². The highest BCUT2D eigenvalue weighted by molar-refractivity contribution is 8.24. The van der Waals surface area contributed by atoms with Crippen molar-refractivity contribution in [2.45, 2.75) is 51.6 Å². The fraction of sp³-hybridized carbons (Fsp3) is 0.476. The van der Waals surface area contributed by atoms with Crippen molar-refractivity contribution in [3.05, 3.63) is 35.5 Å². The predicted molar refractivity (Wildman–Crippen MR) is 116 cm³/mol. The van der Waals surface area contributed by atoms with Gasteiger partial charge in [0.05, 0.1) is 34.6 Å². The molecule has 1 aromatic carbocycles. The summed E-state index contributed by atoms with van der Waals surface area (Å²) in [6.45, 7) is 3.81. The van der Waals surface area contributed by atoms with Crippen LogP contribution in [0.3, 0.4) is 0 Å². The Labute approximate surface area is 176 Å². The van der Waals surface area contributed by atoms with Gasteiger partial charge in [0, 0.05) is 17.7 Å². The summed E-state index contributed by atoms with van der Waals surface area (Å²) in [5.74, 6) is 2.38. The van der Waals surface area contributed by atoms with E-state index in [1.807, 2.05) is 32.0 Å². The van der Waals surface area contributed by atoms with E-state index >= 15 is 0 Å². The fourth-order valence-corrected chi connectivity index (χ4v) is 6.56. The van der Waals surface area contributed by atoms with Crippen molar-refractivity contribution in [1.29, 1.82) is 0 Å². The number of aryl methyl sites for hydroxylation is 2. The van der Waals surface area contributed by atoms with Gasteiger partial charge in [0.25, 0.3) is 0 Å². The van der Waals surface area contributed by atoms with Crippen LogP contribution in [-0.2, 0) is 4.79 Å². The van der Waals surface area contributed by atoms with Crippen molar-refractivity contribution in [3.63, 3.8) is 0 Å². The summed E-state index contributed by atoms with van der Waals surface area (Å²) in [5, 5.41) is 7.08. The Morgan fingerprint density at radius 3 is 2.77 bits per heavy atom. The zero-order valence-electron chi connectivity index (χ0n) is 17.1. The quantitative estimate of drug-likeness (QED) is 0.569. The molecule has 3 aromatic rings. The zero-order chi connectivity index (χ0) is 21.0. The number of benzene rings is 1. The Morgan fingerprint density at radius 2 is 2.10 bits per heavy atom. The number of fused-ring (bicyclic) bond motifs is 1. The molecule has 4 heterocycles. The Bertz CT molecular complexity index is 1120. The molecule has 2 saturated heterocycles. The third kappa shape index (κ3) is 3.30. The number of imidazole rings is 1. The summed E-state index contributed by atoms with van der Waals surface area (Å²) in [5.41, 5.74) is 4.55. The molecule has 3 N–H and O–H groups in total. The number of nitrogens with zero attached hydrogens (tertiary/aromatic N) is 3. The molecule has 2 aliphatic rings. The minimum Gasteiger partial charge on any atom is -0.361 e. The van der Waals surface area contributed by atoms with Gasteiger partial charge in [0.1, 0.15) is 11.6 Å². The molecule has 8 nitrogen and oxygen atoms in total. The molecule has 160 valence electrons. The number of nitrogens with one attached hydrogen (secondary N) is 1. The van der Waals surface area contributed by atoms with Crippen LogP contribution in [-0.4, -0.2) is 41.2 Å². The van der Waals surface area contributed by atoms with Crippen LogP contribution in [0.15, 0.2) is 22.7 Å². The maximum atomic E-state index is 11.9. The van der Waals surface area contributed by atoms with E-state index in [4.69, 9.17) is 9.51 Å². The van der Waals surface area contributed by atoms with E-state index in [9.17, 15) is 13.9 Å². The summed E-state index contributed by atoms with van der Waals surface area (Å²) >= 11 is 0. The van der Waals surface area contributed by atoms with Crippen molar-refractivity contribution in [2.24, 2.45) is 0 Å². The average Bonchev–Trinajstić information content (AvgIpc) is 3.37. The van der Waals surface area contributed by atoms with Gasteiger partial charge in [-0.25, -0.2) is 4.98 Å². The third-order valence-electron chi connectivity index (χ3n) is 6.18. The standard InChI is InChI=1S/C21H26N4O4S/c1-12-20(13(2)29-24-12)14-5-7-18-17(10-14)23-21(16-6-8-19(26)22-16)25(18)15-4-3-9-30(27,28)11-15/h5,7,10,15-16,27-28H,3-4,6,8-9,11H2,1-2H3,(H,22,26)/t15?,16-/m0/s1. The smallest absolute Gasteiger partial charge is 0.220 e. The first-order valence-corrected chi connectivity index (χ1v) is 12.2. The lowest BCUT2D eigenvalue weighted by Crippen LogP contribution is -2.29. The van der Waals surface area contributed by atoms with E-state index in [1.165, 1.54) is 0 Å². The van der Waals surface area contributed by atoms with Crippen LogP contribution in [0.4, 0.5) is 0 Å². The van der Waals surface area contributed by atoms with E-state index < -0.39 is 10.6 Å². The SMILES string of the molecule is Cc1noc(C)c1-c1ccc2c(c1)nc([C@@H]1CCC(=O)N1)n2C1CCCS(O)(O)C1. The molecule has 30 heavy (non-hydrogen) atoms. The lowest BCUT2D eigenvalue weighted by Gasteiger charge is -2.41. The van der Waals surface area contributed by atoms with Gasteiger partial charge in [-0.15, -0.1) is 0 Å². The number of hydrogen-bond donors (Lipinski definition) is 3. The maximum Gasteiger partial charge on any atom is 0.220 e. The second kappa shape index (κ2) is 7.11. The van der Waals surface area contributed by atoms with Crippen molar-refractivity contribution >= 4 is 27.5 Å². The monoisotopic (exact) mass is 430 g/mol. The van der Waals surface area contributed by atoms with E-state index in [1.54, 1.807) is 0 Å². The molecule has 0 bridgehead atoms. The minimum absolute atomic E-state index is 0.0305. The molecular formula is C21H26N4O4S. The van der Waals surface area contributed by atoms with Gasteiger partial charge >= 0.3 is 0 Å². The lowest BCUT2D eigenvalue weighted by atomic mass is 10.0. The molecule has 2 atom stereocenters. The van der Waals surface area contributed by atoms with Crippen LogP contribution in [0.5, 0.6) is 0 Å². The van der Waals surface area contributed by atoms with Crippen molar-refractivity contribution < 1.29 is 18.4 Å². The molecule has 9 heteroatoms. The summed E-state index contributed by atoms with van der Waals surface area (Å²) in [6.07, 6.45) is 2.81. The van der Waals surface area contributed by atoms with E-state index in [2.05, 4.69) is 15.0 Å². The first-order chi connectivity index (χ1) is 14.3. The Morgan fingerprint density at radius 1 is 1.27 bits per heavy atom.